The fourth-order valence-electron chi connectivity index (χ4n) is 2.30. The highest BCUT2D eigenvalue weighted by molar-refractivity contribution is 6.03. The van der Waals surface area contributed by atoms with Gasteiger partial charge in [-0.1, -0.05) is 22.4 Å². The van der Waals surface area contributed by atoms with Gasteiger partial charge in [0.1, 0.15) is 5.76 Å². The number of aromatic nitrogens is 3. The largest absolute Gasteiger partial charge is 0.360 e. The predicted molar refractivity (Wildman–Crippen MR) is 80.9 cm³/mol. The Labute approximate surface area is 131 Å². The molecule has 0 saturated heterocycles. The number of carbonyl (C=O) groups excluding carboxylic acids is 1. The minimum absolute atomic E-state index is 0.285. The first-order chi connectivity index (χ1) is 11.2. The van der Waals surface area contributed by atoms with E-state index in [4.69, 9.17) is 9.05 Å². The molecular weight excluding hydrogens is 296 g/mol. The number of nitrogens with zero attached hydrogens (tertiary/aromatic N) is 3. The van der Waals surface area contributed by atoms with Gasteiger partial charge >= 0.3 is 0 Å². The first kappa shape index (κ1) is 13.7. The quantitative estimate of drug-likeness (QED) is 0.795. The molecular formula is C16H14N4O3. The van der Waals surface area contributed by atoms with Gasteiger partial charge in [0.05, 0.1) is 0 Å². The number of aryl methyl sites for hydroxylation is 1. The van der Waals surface area contributed by atoms with Crippen LogP contribution in [0.3, 0.4) is 0 Å². The Morgan fingerprint density at radius 3 is 2.83 bits per heavy atom. The number of rotatable bonds is 4. The van der Waals surface area contributed by atoms with Crippen molar-refractivity contribution in [3.8, 4) is 11.4 Å². The molecule has 1 aliphatic carbocycles. The lowest BCUT2D eigenvalue weighted by Gasteiger charge is -2.03. The lowest BCUT2D eigenvalue weighted by atomic mass is 10.2. The summed E-state index contributed by atoms with van der Waals surface area (Å²) in [5.74, 6) is 1.88. The summed E-state index contributed by atoms with van der Waals surface area (Å²) in [5.41, 5.74) is 1.68. The lowest BCUT2D eigenvalue weighted by molar-refractivity contribution is 0.101. The lowest BCUT2D eigenvalue weighted by Crippen LogP contribution is -2.12. The smallest absolute Gasteiger partial charge is 0.277 e. The molecule has 0 unspecified atom stereocenters. The van der Waals surface area contributed by atoms with E-state index < -0.39 is 0 Å². The van der Waals surface area contributed by atoms with E-state index in [0.717, 1.165) is 24.2 Å². The highest BCUT2D eigenvalue weighted by Gasteiger charge is 2.28. The van der Waals surface area contributed by atoms with E-state index in [9.17, 15) is 4.79 Å². The van der Waals surface area contributed by atoms with E-state index in [-0.39, 0.29) is 11.6 Å². The third kappa shape index (κ3) is 2.85. The molecule has 1 aromatic carbocycles. The zero-order valence-corrected chi connectivity index (χ0v) is 12.4. The molecule has 1 saturated carbocycles. The van der Waals surface area contributed by atoms with Gasteiger partial charge in [0.2, 0.25) is 11.7 Å². The number of benzene rings is 1. The maximum atomic E-state index is 12.2. The number of carbonyl (C=O) groups is 1. The van der Waals surface area contributed by atoms with Gasteiger partial charge in [-0.05, 0) is 25.0 Å². The molecule has 7 heteroatoms. The molecule has 1 amide bonds. The van der Waals surface area contributed by atoms with Gasteiger partial charge in [0, 0.05) is 30.2 Å². The molecule has 2 heterocycles. The van der Waals surface area contributed by atoms with Crippen molar-refractivity contribution in [2.24, 2.45) is 0 Å². The molecule has 0 atom stereocenters. The minimum atomic E-state index is -0.304. The Morgan fingerprint density at radius 2 is 2.09 bits per heavy atom. The highest BCUT2D eigenvalue weighted by atomic mass is 16.5. The average molecular weight is 310 g/mol. The molecule has 0 bridgehead atoms. The molecule has 23 heavy (non-hydrogen) atoms. The zero-order chi connectivity index (χ0) is 15.8. The van der Waals surface area contributed by atoms with Crippen LogP contribution in [0.4, 0.5) is 5.69 Å². The molecule has 7 nitrogen and oxygen atoms in total. The van der Waals surface area contributed by atoms with E-state index in [1.807, 2.05) is 12.1 Å². The first-order valence-electron chi connectivity index (χ1n) is 7.38. The van der Waals surface area contributed by atoms with E-state index in [1.54, 1.807) is 25.1 Å². The van der Waals surface area contributed by atoms with Gasteiger partial charge in [-0.2, -0.15) is 4.98 Å². The van der Waals surface area contributed by atoms with E-state index in [0.29, 0.717) is 23.3 Å². The van der Waals surface area contributed by atoms with Crippen molar-refractivity contribution in [1.29, 1.82) is 0 Å². The van der Waals surface area contributed by atoms with Crippen molar-refractivity contribution >= 4 is 11.6 Å². The van der Waals surface area contributed by atoms with Crippen molar-refractivity contribution < 1.29 is 13.8 Å². The molecule has 1 aliphatic rings. The van der Waals surface area contributed by atoms with Crippen molar-refractivity contribution in [2.45, 2.75) is 25.7 Å². The van der Waals surface area contributed by atoms with Crippen molar-refractivity contribution in [3.05, 3.63) is 47.7 Å². The van der Waals surface area contributed by atoms with Gasteiger partial charge in [-0.15, -0.1) is 0 Å². The van der Waals surface area contributed by atoms with E-state index in [1.165, 1.54) is 0 Å². The van der Waals surface area contributed by atoms with Gasteiger partial charge < -0.3 is 14.4 Å². The minimum Gasteiger partial charge on any atom is -0.360 e. The number of hydrogen-bond donors (Lipinski definition) is 1. The first-order valence-corrected chi connectivity index (χ1v) is 7.38. The van der Waals surface area contributed by atoms with Crippen LogP contribution in [0.5, 0.6) is 0 Å². The van der Waals surface area contributed by atoms with Gasteiger partial charge in [0.25, 0.3) is 5.91 Å². The number of nitrogens with one attached hydrogen (secondary N) is 1. The summed E-state index contributed by atoms with van der Waals surface area (Å²) >= 11 is 0. The molecule has 3 aromatic rings. The van der Waals surface area contributed by atoms with E-state index >= 15 is 0 Å². The van der Waals surface area contributed by atoms with Crippen molar-refractivity contribution in [2.75, 3.05) is 5.32 Å². The van der Waals surface area contributed by atoms with Crippen LogP contribution >= 0.6 is 0 Å². The van der Waals surface area contributed by atoms with Gasteiger partial charge in [-0.3, -0.25) is 4.79 Å². The van der Waals surface area contributed by atoms with Crippen LogP contribution in [0, 0.1) is 6.92 Å². The van der Waals surface area contributed by atoms with Crippen LogP contribution < -0.4 is 5.32 Å². The highest BCUT2D eigenvalue weighted by Crippen LogP contribution is 2.40. The average Bonchev–Trinajstić information content (AvgIpc) is 3.11. The van der Waals surface area contributed by atoms with Crippen molar-refractivity contribution in [1.82, 2.24) is 15.3 Å². The maximum absolute atomic E-state index is 12.2. The van der Waals surface area contributed by atoms with Gasteiger partial charge in [-0.25, -0.2) is 0 Å². The normalized spacial score (nSPS) is 14.0. The zero-order valence-electron chi connectivity index (χ0n) is 12.4. The van der Waals surface area contributed by atoms with Crippen LogP contribution in [-0.4, -0.2) is 21.2 Å². The standard InChI is InChI=1S/C16H14N4O3/c1-9-17-15(20-22-9)11-3-2-4-12(7-11)18-16(21)13-8-14(23-19-13)10-5-6-10/h2-4,7-8,10H,5-6H2,1H3,(H,18,21). The third-order valence-corrected chi connectivity index (χ3v) is 3.65. The Balaban J connectivity index is 1.52. The second-order valence-corrected chi connectivity index (χ2v) is 5.56. The van der Waals surface area contributed by atoms with Crippen molar-refractivity contribution in [3.63, 3.8) is 0 Å². The molecule has 4 rings (SSSR count). The van der Waals surface area contributed by atoms with Crippen LogP contribution in [0.15, 0.2) is 39.4 Å². The molecule has 0 spiro atoms. The number of amides is 1. The fraction of sp³-hybridized carbons (Fsp3) is 0.250. The summed E-state index contributed by atoms with van der Waals surface area (Å²) < 4.78 is 10.2. The second kappa shape index (κ2) is 5.35. The predicted octanol–water partition coefficient (Wildman–Crippen LogP) is 3.16. The summed E-state index contributed by atoms with van der Waals surface area (Å²) in [6, 6.07) is 8.94. The van der Waals surface area contributed by atoms with Crippen LogP contribution in [0.1, 0.15) is 40.9 Å². The summed E-state index contributed by atoms with van der Waals surface area (Å²) in [4.78, 5) is 16.4. The Bertz CT molecular complexity index is 864. The fourth-order valence-corrected chi connectivity index (χ4v) is 2.30. The Morgan fingerprint density at radius 1 is 1.22 bits per heavy atom. The molecule has 0 aliphatic heterocycles. The summed E-state index contributed by atoms with van der Waals surface area (Å²) in [5, 5.41) is 10.5. The second-order valence-electron chi connectivity index (χ2n) is 5.56. The topological polar surface area (TPSA) is 94.1 Å². The molecule has 0 radical (unpaired) electrons. The van der Waals surface area contributed by atoms with Gasteiger partial charge in [0.15, 0.2) is 5.69 Å². The number of hydrogen-bond acceptors (Lipinski definition) is 6. The molecule has 116 valence electrons. The summed E-state index contributed by atoms with van der Waals surface area (Å²) in [7, 11) is 0. The molecule has 1 fully saturated rings. The molecule has 2 aromatic heterocycles. The van der Waals surface area contributed by atoms with Crippen LogP contribution in [-0.2, 0) is 0 Å². The summed E-state index contributed by atoms with van der Waals surface area (Å²) in [6.07, 6.45) is 2.20. The Kier molecular flexibility index (Phi) is 3.18. The SMILES string of the molecule is Cc1nc(-c2cccc(NC(=O)c3cc(C4CC4)on3)c2)no1. The van der Waals surface area contributed by atoms with Crippen LogP contribution in [0.2, 0.25) is 0 Å². The maximum Gasteiger partial charge on any atom is 0.277 e. The third-order valence-electron chi connectivity index (χ3n) is 3.65. The van der Waals surface area contributed by atoms with Crippen LogP contribution in [0.25, 0.3) is 11.4 Å². The number of anilines is 1. The monoisotopic (exact) mass is 310 g/mol. The summed E-state index contributed by atoms with van der Waals surface area (Å²) in [6.45, 7) is 1.73. The molecule has 1 N–H and O–H groups in total. The van der Waals surface area contributed by atoms with E-state index in [2.05, 4.69) is 20.6 Å². The Hall–Kier alpha value is -2.96.